The van der Waals surface area contributed by atoms with Crippen molar-refractivity contribution in [1.29, 1.82) is 0 Å². The topological polar surface area (TPSA) is 40.5 Å². The second-order valence-corrected chi connectivity index (χ2v) is 7.59. The number of benzene rings is 4. The van der Waals surface area contributed by atoms with Crippen molar-refractivity contribution in [2.24, 2.45) is 0 Å². The van der Waals surface area contributed by atoms with Gasteiger partial charge in [0.1, 0.15) is 11.5 Å². The number of aryl methyl sites for hydroxylation is 1. The Balaban J connectivity index is 1.99. The number of hydrogen-bond acceptors (Lipinski definition) is 2. The Labute approximate surface area is 171 Å². The van der Waals surface area contributed by atoms with Crippen LogP contribution in [0.5, 0.6) is 11.5 Å². The molecule has 2 heteroatoms. The highest BCUT2D eigenvalue weighted by Crippen LogP contribution is 2.45. The van der Waals surface area contributed by atoms with E-state index in [2.05, 4.69) is 37.3 Å². The molecule has 0 aliphatic rings. The van der Waals surface area contributed by atoms with Crippen LogP contribution in [-0.2, 0) is 5.41 Å². The van der Waals surface area contributed by atoms with Crippen LogP contribution in [-0.4, -0.2) is 10.2 Å². The first-order chi connectivity index (χ1) is 14.0. The molecule has 0 bridgehead atoms. The van der Waals surface area contributed by atoms with E-state index in [9.17, 15) is 10.2 Å². The second kappa shape index (κ2) is 7.48. The molecule has 0 aliphatic carbocycles. The van der Waals surface area contributed by atoms with E-state index in [0.29, 0.717) is 5.75 Å². The Morgan fingerprint density at radius 3 is 1.66 bits per heavy atom. The van der Waals surface area contributed by atoms with Gasteiger partial charge in [-0.05, 0) is 65.9 Å². The molecule has 0 saturated carbocycles. The molecule has 29 heavy (non-hydrogen) atoms. The van der Waals surface area contributed by atoms with Gasteiger partial charge in [0.2, 0.25) is 0 Å². The SMILES string of the molecule is Cc1cc(-c2ccc(O)cc2)cc(C(C)(c2ccccc2)c2ccccc2)c1O. The van der Waals surface area contributed by atoms with Gasteiger partial charge in [-0.1, -0.05) is 72.8 Å². The maximum absolute atomic E-state index is 11.1. The van der Waals surface area contributed by atoms with E-state index in [1.54, 1.807) is 12.1 Å². The molecule has 0 amide bonds. The molecule has 4 aromatic carbocycles. The summed E-state index contributed by atoms with van der Waals surface area (Å²) >= 11 is 0. The Kier molecular flexibility index (Phi) is 4.85. The summed E-state index contributed by atoms with van der Waals surface area (Å²) in [5.41, 5.74) is 5.39. The molecule has 144 valence electrons. The average Bonchev–Trinajstić information content (AvgIpc) is 2.77. The Bertz CT molecular complexity index is 1080. The van der Waals surface area contributed by atoms with Crippen molar-refractivity contribution in [1.82, 2.24) is 0 Å². The molecule has 0 aliphatic heterocycles. The summed E-state index contributed by atoms with van der Waals surface area (Å²) in [5, 5.41) is 20.8. The zero-order valence-corrected chi connectivity index (χ0v) is 16.6. The van der Waals surface area contributed by atoms with E-state index >= 15 is 0 Å². The molecule has 0 heterocycles. The number of hydrogen-bond donors (Lipinski definition) is 2. The first-order valence-corrected chi connectivity index (χ1v) is 9.74. The van der Waals surface area contributed by atoms with E-state index in [4.69, 9.17) is 0 Å². The predicted molar refractivity (Wildman–Crippen MR) is 118 cm³/mol. The van der Waals surface area contributed by atoms with Crippen LogP contribution in [0.3, 0.4) is 0 Å². The minimum atomic E-state index is -0.524. The van der Waals surface area contributed by atoms with E-state index in [0.717, 1.165) is 33.4 Å². The fourth-order valence-electron chi connectivity index (χ4n) is 4.00. The van der Waals surface area contributed by atoms with Crippen molar-refractivity contribution in [3.63, 3.8) is 0 Å². The Hall–Kier alpha value is -3.52. The van der Waals surface area contributed by atoms with Crippen molar-refractivity contribution in [3.05, 3.63) is 119 Å². The van der Waals surface area contributed by atoms with E-state index in [-0.39, 0.29) is 5.75 Å². The Morgan fingerprint density at radius 2 is 1.14 bits per heavy atom. The lowest BCUT2D eigenvalue weighted by molar-refractivity contribution is 0.453. The lowest BCUT2D eigenvalue weighted by atomic mass is 9.70. The zero-order chi connectivity index (χ0) is 20.4. The Morgan fingerprint density at radius 1 is 0.621 bits per heavy atom. The molecule has 4 rings (SSSR count). The fraction of sp³-hybridized carbons (Fsp3) is 0.111. The average molecular weight is 380 g/mol. The summed E-state index contributed by atoms with van der Waals surface area (Å²) in [4.78, 5) is 0. The van der Waals surface area contributed by atoms with Gasteiger partial charge in [0.25, 0.3) is 0 Å². The highest BCUT2D eigenvalue weighted by Gasteiger charge is 2.34. The molecule has 0 unspecified atom stereocenters. The van der Waals surface area contributed by atoms with Crippen molar-refractivity contribution >= 4 is 0 Å². The molecule has 2 nitrogen and oxygen atoms in total. The number of aromatic hydroxyl groups is 2. The van der Waals surface area contributed by atoms with Gasteiger partial charge in [-0.3, -0.25) is 0 Å². The molecule has 0 spiro atoms. The molecule has 0 aromatic heterocycles. The smallest absolute Gasteiger partial charge is 0.122 e. The van der Waals surface area contributed by atoms with Gasteiger partial charge in [-0.2, -0.15) is 0 Å². The third-order valence-corrected chi connectivity index (χ3v) is 5.74. The van der Waals surface area contributed by atoms with Crippen LogP contribution >= 0.6 is 0 Å². The predicted octanol–water partition coefficient (Wildman–Crippen LogP) is 6.43. The molecule has 2 N–H and O–H groups in total. The van der Waals surface area contributed by atoms with Gasteiger partial charge < -0.3 is 10.2 Å². The summed E-state index contributed by atoms with van der Waals surface area (Å²) in [7, 11) is 0. The highest BCUT2D eigenvalue weighted by molar-refractivity contribution is 5.70. The molecular formula is C27H24O2. The summed E-state index contributed by atoms with van der Waals surface area (Å²) in [6.07, 6.45) is 0. The number of phenolic OH excluding ortho intramolecular Hbond substituents is 2. The summed E-state index contributed by atoms with van der Waals surface area (Å²) in [6.45, 7) is 4.09. The minimum absolute atomic E-state index is 0.239. The maximum atomic E-state index is 11.1. The van der Waals surface area contributed by atoms with Gasteiger partial charge >= 0.3 is 0 Å². The largest absolute Gasteiger partial charge is 0.508 e. The molecular weight excluding hydrogens is 356 g/mol. The maximum Gasteiger partial charge on any atom is 0.122 e. The van der Waals surface area contributed by atoms with Crippen molar-refractivity contribution < 1.29 is 10.2 Å². The summed E-state index contributed by atoms with van der Waals surface area (Å²) < 4.78 is 0. The normalized spacial score (nSPS) is 11.4. The van der Waals surface area contributed by atoms with Crippen LogP contribution in [0, 0.1) is 6.92 Å². The lowest BCUT2D eigenvalue weighted by Gasteiger charge is -2.33. The fourth-order valence-corrected chi connectivity index (χ4v) is 4.00. The quantitative estimate of drug-likeness (QED) is 0.401. The standard InChI is InChI=1S/C27H24O2/c1-19-17-21(20-13-15-24(28)16-14-20)18-25(26(19)29)27(2,22-9-5-3-6-10-22)23-11-7-4-8-12-23/h3-18,28-29H,1-2H3. The second-order valence-electron chi connectivity index (χ2n) is 7.59. The first-order valence-electron chi connectivity index (χ1n) is 9.74. The van der Waals surface area contributed by atoms with Gasteiger partial charge in [0.15, 0.2) is 0 Å². The van der Waals surface area contributed by atoms with Crippen LogP contribution in [0.4, 0.5) is 0 Å². The monoisotopic (exact) mass is 380 g/mol. The van der Waals surface area contributed by atoms with Crippen LogP contribution in [0.1, 0.15) is 29.2 Å². The molecule has 0 atom stereocenters. The number of phenols is 2. The van der Waals surface area contributed by atoms with Crippen molar-refractivity contribution in [3.8, 4) is 22.6 Å². The summed E-state index contributed by atoms with van der Waals surface area (Å²) in [6, 6.07) is 31.8. The number of rotatable bonds is 4. The molecule has 0 radical (unpaired) electrons. The lowest BCUT2D eigenvalue weighted by Crippen LogP contribution is -2.25. The van der Waals surface area contributed by atoms with Crippen LogP contribution in [0.25, 0.3) is 11.1 Å². The highest BCUT2D eigenvalue weighted by atomic mass is 16.3. The van der Waals surface area contributed by atoms with Crippen LogP contribution in [0.15, 0.2) is 97.1 Å². The van der Waals surface area contributed by atoms with Gasteiger partial charge in [0.05, 0.1) is 0 Å². The van der Waals surface area contributed by atoms with E-state index in [1.165, 1.54) is 0 Å². The van der Waals surface area contributed by atoms with E-state index in [1.807, 2.05) is 61.5 Å². The third-order valence-electron chi connectivity index (χ3n) is 5.74. The van der Waals surface area contributed by atoms with Gasteiger partial charge in [0, 0.05) is 11.0 Å². The van der Waals surface area contributed by atoms with Crippen LogP contribution in [0.2, 0.25) is 0 Å². The molecule has 0 fully saturated rings. The van der Waals surface area contributed by atoms with Gasteiger partial charge in [-0.25, -0.2) is 0 Å². The van der Waals surface area contributed by atoms with Gasteiger partial charge in [-0.15, -0.1) is 0 Å². The van der Waals surface area contributed by atoms with E-state index < -0.39 is 5.41 Å². The van der Waals surface area contributed by atoms with Crippen LogP contribution < -0.4 is 0 Å². The first kappa shape index (κ1) is 18.8. The van der Waals surface area contributed by atoms with Crippen molar-refractivity contribution in [2.75, 3.05) is 0 Å². The van der Waals surface area contributed by atoms with Crippen molar-refractivity contribution in [2.45, 2.75) is 19.3 Å². The molecule has 4 aromatic rings. The zero-order valence-electron chi connectivity index (χ0n) is 16.6. The summed E-state index contributed by atoms with van der Waals surface area (Å²) in [5.74, 6) is 0.547. The molecule has 0 saturated heterocycles. The minimum Gasteiger partial charge on any atom is -0.508 e. The third kappa shape index (κ3) is 3.38.